The number of aromatic nitrogens is 2. The molecular weight excluding hydrogens is 464 g/mol. The normalized spacial score (nSPS) is 11.3. The molecule has 0 aliphatic carbocycles. The van der Waals surface area contributed by atoms with Crippen LogP contribution >= 0.6 is 11.6 Å². The Morgan fingerprint density at radius 3 is 2.58 bits per heavy atom. The van der Waals surface area contributed by atoms with E-state index in [0.29, 0.717) is 21.9 Å². The number of aromatic amines is 1. The number of hydrogen-bond acceptors (Lipinski definition) is 5. The van der Waals surface area contributed by atoms with Crippen LogP contribution in [-0.4, -0.2) is 31.3 Å². The molecule has 0 unspecified atom stereocenters. The second-order valence-electron chi connectivity index (χ2n) is 7.19. The molecule has 0 radical (unpaired) electrons. The Kier molecular flexibility index (Phi) is 6.17. The summed E-state index contributed by atoms with van der Waals surface area (Å²) in [6, 6.07) is 15.8. The lowest BCUT2D eigenvalue weighted by molar-refractivity contribution is 0.0949. The van der Waals surface area contributed by atoms with Crippen LogP contribution in [-0.2, 0) is 16.6 Å². The largest absolute Gasteiger partial charge is 0.360 e. The summed E-state index contributed by atoms with van der Waals surface area (Å²) in [5, 5.41) is 3.22. The van der Waals surface area contributed by atoms with Crippen LogP contribution in [0.1, 0.15) is 16.1 Å². The van der Waals surface area contributed by atoms with Crippen molar-refractivity contribution in [3.8, 4) is 0 Å². The zero-order valence-corrected chi connectivity index (χ0v) is 19.0. The number of sulfonamides is 1. The molecule has 0 saturated heterocycles. The first-order valence-corrected chi connectivity index (χ1v) is 11.7. The summed E-state index contributed by atoms with van der Waals surface area (Å²) in [6.07, 6.45) is 2.92. The Labute approximate surface area is 194 Å². The number of benzene rings is 2. The molecule has 0 atom stereocenters. The molecule has 0 aliphatic heterocycles. The minimum Gasteiger partial charge on any atom is -0.360 e. The van der Waals surface area contributed by atoms with Crippen LogP contribution < -0.4 is 15.1 Å². The van der Waals surface area contributed by atoms with E-state index in [2.05, 4.69) is 15.3 Å². The molecule has 1 amide bonds. The van der Waals surface area contributed by atoms with Gasteiger partial charge in [-0.3, -0.25) is 18.9 Å². The van der Waals surface area contributed by atoms with E-state index >= 15 is 0 Å². The zero-order chi connectivity index (χ0) is 23.6. The van der Waals surface area contributed by atoms with Crippen molar-refractivity contribution in [2.24, 2.45) is 0 Å². The molecule has 10 heteroatoms. The van der Waals surface area contributed by atoms with Crippen LogP contribution in [0.5, 0.6) is 0 Å². The summed E-state index contributed by atoms with van der Waals surface area (Å²) in [6.45, 7) is 0.150. The monoisotopic (exact) mass is 482 g/mol. The van der Waals surface area contributed by atoms with E-state index in [4.69, 9.17) is 11.6 Å². The number of hydrogen-bond donors (Lipinski definition) is 2. The van der Waals surface area contributed by atoms with Crippen molar-refractivity contribution in [3.63, 3.8) is 0 Å². The highest BCUT2D eigenvalue weighted by Crippen LogP contribution is 2.25. The maximum atomic E-state index is 13.1. The van der Waals surface area contributed by atoms with E-state index < -0.39 is 21.4 Å². The van der Waals surface area contributed by atoms with Crippen LogP contribution in [0.3, 0.4) is 0 Å². The number of amides is 1. The minimum atomic E-state index is -3.96. The number of pyridine rings is 2. The van der Waals surface area contributed by atoms with Crippen molar-refractivity contribution in [2.45, 2.75) is 11.4 Å². The van der Waals surface area contributed by atoms with Crippen molar-refractivity contribution in [1.82, 2.24) is 15.3 Å². The second kappa shape index (κ2) is 9.05. The summed E-state index contributed by atoms with van der Waals surface area (Å²) in [5.74, 6) is -0.588. The van der Waals surface area contributed by atoms with E-state index in [1.807, 2.05) is 0 Å². The topological polar surface area (TPSA) is 112 Å². The number of carbonyl (C=O) groups is 1. The summed E-state index contributed by atoms with van der Waals surface area (Å²) in [7, 11) is -2.55. The zero-order valence-electron chi connectivity index (χ0n) is 17.4. The standard InChI is InChI=1S/C23H19ClN4O4S/c1-28(17-7-5-15(24)6-8-17)33(31,32)18-9-10-21-19(12-18)22(29)20(14-26-21)23(30)27-13-16-4-2-3-11-25-16/h2-12,14H,13H2,1H3,(H,26,29)(H,27,30). The molecule has 2 aromatic carbocycles. The molecule has 8 nitrogen and oxygen atoms in total. The number of halogens is 1. The maximum absolute atomic E-state index is 13.1. The van der Waals surface area contributed by atoms with Gasteiger partial charge >= 0.3 is 0 Å². The minimum absolute atomic E-state index is 0.0796. The van der Waals surface area contributed by atoms with Crippen molar-refractivity contribution in [1.29, 1.82) is 0 Å². The van der Waals surface area contributed by atoms with Gasteiger partial charge in [0.15, 0.2) is 0 Å². The number of carbonyl (C=O) groups excluding carboxylic acids is 1. The quantitative estimate of drug-likeness (QED) is 0.437. The van der Waals surface area contributed by atoms with E-state index in [9.17, 15) is 18.0 Å². The maximum Gasteiger partial charge on any atom is 0.264 e. The fourth-order valence-electron chi connectivity index (χ4n) is 3.24. The van der Waals surface area contributed by atoms with Gasteiger partial charge in [0.25, 0.3) is 15.9 Å². The van der Waals surface area contributed by atoms with E-state index in [-0.39, 0.29) is 22.4 Å². The Hall–Kier alpha value is -3.69. The van der Waals surface area contributed by atoms with Crippen molar-refractivity contribution in [3.05, 3.63) is 99.6 Å². The Morgan fingerprint density at radius 2 is 1.88 bits per heavy atom. The van der Waals surface area contributed by atoms with Gasteiger partial charge in [-0.2, -0.15) is 0 Å². The Bertz CT molecular complexity index is 1490. The highest BCUT2D eigenvalue weighted by Gasteiger charge is 2.23. The highest BCUT2D eigenvalue weighted by molar-refractivity contribution is 7.92. The molecule has 4 aromatic rings. The van der Waals surface area contributed by atoms with Gasteiger partial charge in [0, 0.05) is 35.4 Å². The lowest BCUT2D eigenvalue weighted by Gasteiger charge is -2.19. The lowest BCUT2D eigenvalue weighted by atomic mass is 10.1. The number of rotatable bonds is 6. The average molecular weight is 483 g/mol. The SMILES string of the molecule is CN(c1ccc(Cl)cc1)S(=O)(=O)c1ccc2[nH]cc(C(=O)NCc3ccccn3)c(=O)c2c1. The third-order valence-electron chi connectivity index (χ3n) is 5.10. The van der Waals surface area contributed by atoms with Gasteiger partial charge in [-0.25, -0.2) is 8.42 Å². The lowest BCUT2D eigenvalue weighted by Crippen LogP contribution is -2.29. The number of anilines is 1. The highest BCUT2D eigenvalue weighted by atomic mass is 35.5. The van der Waals surface area contributed by atoms with Crippen molar-refractivity contribution in [2.75, 3.05) is 11.4 Å². The molecule has 0 spiro atoms. The van der Waals surface area contributed by atoms with Gasteiger partial charge in [-0.05, 0) is 54.6 Å². The van der Waals surface area contributed by atoms with Crippen LogP contribution in [0, 0.1) is 0 Å². The molecule has 0 fully saturated rings. The fraction of sp³-hybridized carbons (Fsp3) is 0.0870. The molecule has 2 aromatic heterocycles. The van der Waals surface area contributed by atoms with Gasteiger partial charge in [-0.15, -0.1) is 0 Å². The smallest absolute Gasteiger partial charge is 0.264 e. The van der Waals surface area contributed by atoms with E-state index in [1.54, 1.807) is 48.7 Å². The van der Waals surface area contributed by atoms with E-state index in [1.165, 1.54) is 31.4 Å². The van der Waals surface area contributed by atoms with Crippen LogP contribution in [0.15, 0.2) is 82.7 Å². The summed E-state index contributed by atoms with van der Waals surface area (Å²) in [5.41, 5.74) is 0.764. The van der Waals surface area contributed by atoms with Gasteiger partial charge < -0.3 is 10.3 Å². The van der Waals surface area contributed by atoms with Gasteiger partial charge in [0.1, 0.15) is 5.56 Å². The first kappa shape index (κ1) is 22.5. The van der Waals surface area contributed by atoms with Gasteiger partial charge in [0.05, 0.1) is 22.8 Å². The predicted molar refractivity (Wildman–Crippen MR) is 127 cm³/mol. The predicted octanol–water partition coefficient (Wildman–Crippen LogP) is 3.33. The van der Waals surface area contributed by atoms with Crippen LogP contribution in [0.2, 0.25) is 5.02 Å². The molecular formula is C23H19ClN4O4S. The number of nitrogens with one attached hydrogen (secondary N) is 2. The van der Waals surface area contributed by atoms with E-state index in [0.717, 1.165) is 4.31 Å². The number of H-pyrrole nitrogens is 1. The molecule has 0 bridgehead atoms. The van der Waals surface area contributed by atoms with Gasteiger partial charge in [0.2, 0.25) is 5.43 Å². The first-order chi connectivity index (χ1) is 15.8. The Morgan fingerprint density at radius 1 is 1.12 bits per heavy atom. The molecule has 33 heavy (non-hydrogen) atoms. The van der Waals surface area contributed by atoms with Crippen LogP contribution in [0.4, 0.5) is 5.69 Å². The third-order valence-corrected chi connectivity index (χ3v) is 7.14. The third kappa shape index (κ3) is 4.59. The van der Waals surface area contributed by atoms with Gasteiger partial charge in [-0.1, -0.05) is 17.7 Å². The molecule has 2 heterocycles. The summed E-state index contributed by atoms with van der Waals surface area (Å²) >= 11 is 5.89. The van der Waals surface area contributed by atoms with Crippen molar-refractivity contribution >= 4 is 44.1 Å². The van der Waals surface area contributed by atoms with Crippen LogP contribution in [0.25, 0.3) is 10.9 Å². The molecule has 0 aliphatic rings. The molecule has 168 valence electrons. The summed E-state index contributed by atoms with van der Waals surface area (Å²) in [4.78, 5) is 32.5. The summed E-state index contributed by atoms with van der Waals surface area (Å²) < 4.78 is 27.4. The fourth-order valence-corrected chi connectivity index (χ4v) is 4.59. The number of fused-ring (bicyclic) bond motifs is 1. The average Bonchev–Trinajstić information content (AvgIpc) is 2.83. The Balaban J connectivity index is 1.66. The second-order valence-corrected chi connectivity index (χ2v) is 9.60. The molecule has 4 rings (SSSR count). The molecule has 2 N–H and O–H groups in total. The molecule has 0 saturated carbocycles. The number of nitrogens with zero attached hydrogens (tertiary/aromatic N) is 2. The van der Waals surface area contributed by atoms with Crippen molar-refractivity contribution < 1.29 is 13.2 Å². The first-order valence-electron chi connectivity index (χ1n) is 9.85.